The third-order valence-electron chi connectivity index (χ3n) is 5.22. The Morgan fingerprint density at radius 1 is 0.812 bits per heavy atom. The van der Waals surface area contributed by atoms with Gasteiger partial charge in [0.1, 0.15) is 11.8 Å². The standard InChI is InChI=1S/C25H19NO6/c27-18-12-10-16(11-13-18)14-21(25(31)32-15-22(28)17-6-2-1-3-7-17)26-23(29)19-8-4-5-9-20(19)24(26)30/h1-13,21,27H,14-15H2. The van der Waals surface area contributed by atoms with E-state index >= 15 is 0 Å². The van der Waals surface area contributed by atoms with Crippen LogP contribution in [0.5, 0.6) is 5.75 Å². The van der Waals surface area contributed by atoms with Gasteiger partial charge in [-0.2, -0.15) is 0 Å². The van der Waals surface area contributed by atoms with E-state index in [0.29, 0.717) is 11.1 Å². The SMILES string of the molecule is O=C(COC(=O)C(Cc1ccc(O)cc1)N1C(=O)c2ccccc2C1=O)c1ccccc1. The Morgan fingerprint density at radius 2 is 1.38 bits per heavy atom. The summed E-state index contributed by atoms with van der Waals surface area (Å²) in [6.45, 7) is -0.516. The molecular weight excluding hydrogens is 410 g/mol. The molecule has 7 heteroatoms. The van der Waals surface area contributed by atoms with Crippen molar-refractivity contribution in [2.45, 2.75) is 12.5 Å². The fourth-order valence-corrected chi connectivity index (χ4v) is 3.57. The van der Waals surface area contributed by atoms with Crippen LogP contribution in [0.25, 0.3) is 0 Å². The highest BCUT2D eigenvalue weighted by molar-refractivity contribution is 6.22. The fourth-order valence-electron chi connectivity index (χ4n) is 3.57. The predicted molar refractivity (Wildman–Crippen MR) is 114 cm³/mol. The second kappa shape index (κ2) is 8.85. The number of amides is 2. The molecule has 0 radical (unpaired) electrons. The van der Waals surface area contributed by atoms with Gasteiger partial charge in [0, 0.05) is 12.0 Å². The Morgan fingerprint density at radius 3 is 1.97 bits per heavy atom. The van der Waals surface area contributed by atoms with Crippen LogP contribution in [-0.2, 0) is 16.0 Å². The highest BCUT2D eigenvalue weighted by atomic mass is 16.5. The maximum Gasteiger partial charge on any atom is 0.330 e. The maximum absolute atomic E-state index is 13.0. The van der Waals surface area contributed by atoms with Crippen LogP contribution in [0.1, 0.15) is 36.6 Å². The highest BCUT2D eigenvalue weighted by Gasteiger charge is 2.43. The summed E-state index contributed by atoms with van der Waals surface area (Å²) in [7, 11) is 0. The number of Topliss-reactive ketones (excluding diaryl/α,β-unsaturated/α-hetero) is 1. The molecule has 160 valence electrons. The zero-order valence-electron chi connectivity index (χ0n) is 16.9. The van der Waals surface area contributed by atoms with Crippen molar-refractivity contribution in [1.82, 2.24) is 4.90 Å². The van der Waals surface area contributed by atoms with E-state index < -0.39 is 36.2 Å². The van der Waals surface area contributed by atoms with Crippen LogP contribution in [0.4, 0.5) is 0 Å². The van der Waals surface area contributed by atoms with E-state index in [1.165, 1.54) is 24.3 Å². The molecule has 2 amide bonds. The van der Waals surface area contributed by atoms with Crippen LogP contribution in [0.2, 0.25) is 0 Å². The molecule has 0 aliphatic carbocycles. The summed E-state index contributed by atoms with van der Waals surface area (Å²) in [5.74, 6) is -2.41. The number of fused-ring (bicyclic) bond motifs is 1. The molecule has 1 aliphatic rings. The monoisotopic (exact) mass is 429 g/mol. The number of ether oxygens (including phenoxy) is 1. The van der Waals surface area contributed by atoms with E-state index in [1.54, 1.807) is 54.6 Å². The molecule has 1 aliphatic heterocycles. The molecule has 3 aromatic carbocycles. The van der Waals surface area contributed by atoms with E-state index in [-0.39, 0.29) is 23.3 Å². The summed E-state index contributed by atoms with van der Waals surface area (Å²) in [5, 5.41) is 9.52. The first-order chi connectivity index (χ1) is 15.5. The van der Waals surface area contributed by atoms with Gasteiger partial charge >= 0.3 is 5.97 Å². The summed E-state index contributed by atoms with van der Waals surface area (Å²) in [6.07, 6.45) is -0.0237. The van der Waals surface area contributed by atoms with Crippen molar-refractivity contribution in [1.29, 1.82) is 0 Å². The molecule has 0 saturated carbocycles. The molecule has 0 spiro atoms. The Balaban J connectivity index is 1.58. The van der Waals surface area contributed by atoms with E-state index in [2.05, 4.69) is 0 Å². The van der Waals surface area contributed by atoms with Crippen LogP contribution < -0.4 is 0 Å². The van der Waals surface area contributed by atoms with E-state index in [9.17, 15) is 24.3 Å². The number of phenols is 1. The minimum atomic E-state index is -1.27. The third kappa shape index (κ3) is 4.13. The lowest BCUT2D eigenvalue weighted by Crippen LogP contribution is -2.47. The average Bonchev–Trinajstić information content (AvgIpc) is 3.07. The second-order valence-corrected chi connectivity index (χ2v) is 7.31. The van der Waals surface area contributed by atoms with Gasteiger partial charge in [-0.1, -0.05) is 54.6 Å². The summed E-state index contributed by atoms with van der Waals surface area (Å²) in [6, 6.07) is 19.5. The van der Waals surface area contributed by atoms with Crippen LogP contribution in [0.3, 0.4) is 0 Å². The van der Waals surface area contributed by atoms with E-state index in [4.69, 9.17) is 4.74 Å². The van der Waals surface area contributed by atoms with Crippen molar-refractivity contribution in [3.8, 4) is 5.75 Å². The summed E-state index contributed by atoms with van der Waals surface area (Å²) >= 11 is 0. The largest absolute Gasteiger partial charge is 0.508 e. The normalized spacial score (nSPS) is 13.6. The van der Waals surface area contributed by atoms with Gasteiger partial charge in [0.2, 0.25) is 0 Å². The summed E-state index contributed by atoms with van der Waals surface area (Å²) in [5.41, 5.74) is 1.41. The van der Waals surface area contributed by atoms with Crippen molar-refractivity contribution in [2.75, 3.05) is 6.61 Å². The lowest BCUT2D eigenvalue weighted by atomic mass is 10.0. The fraction of sp³-hybridized carbons (Fsp3) is 0.120. The minimum absolute atomic E-state index is 0.0237. The summed E-state index contributed by atoms with van der Waals surface area (Å²) in [4.78, 5) is 52.1. The molecule has 0 aromatic heterocycles. The first-order valence-electron chi connectivity index (χ1n) is 9.95. The Labute approximate surface area is 183 Å². The van der Waals surface area contributed by atoms with E-state index in [0.717, 1.165) is 4.90 Å². The molecule has 1 N–H and O–H groups in total. The number of benzene rings is 3. The average molecular weight is 429 g/mol. The molecule has 0 fully saturated rings. The highest BCUT2D eigenvalue weighted by Crippen LogP contribution is 2.27. The molecule has 0 saturated heterocycles. The van der Waals surface area contributed by atoms with Crippen molar-refractivity contribution >= 4 is 23.6 Å². The first-order valence-corrected chi connectivity index (χ1v) is 9.95. The number of ketones is 1. The molecule has 3 aromatic rings. The molecule has 32 heavy (non-hydrogen) atoms. The summed E-state index contributed by atoms with van der Waals surface area (Å²) < 4.78 is 5.24. The molecule has 1 atom stereocenters. The number of carbonyl (C=O) groups excluding carboxylic acids is 4. The van der Waals surface area contributed by atoms with Gasteiger partial charge in [-0.05, 0) is 29.8 Å². The number of carbonyl (C=O) groups is 4. The molecule has 4 rings (SSSR count). The minimum Gasteiger partial charge on any atom is -0.508 e. The number of esters is 1. The lowest BCUT2D eigenvalue weighted by molar-refractivity contribution is -0.147. The number of hydrogen-bond donors (Lipinski definition) is 1. The van der Waals surface area contributed by atoms with Crippen molar-refractivity contribution < 1.29 is 29.0 Å². The van der Waals surface area contributed by atoms with Gasteiger partial charge in [-0.3, -0.25) is 19.3 Å². The zero-order valence-corrected chi connectivity index (χ0v) is 16.9. The zero-order chi connectivity index (χ0) is 22.7. The van der Waals surface area contributed by atoms with Crippen LogP contribution in [0, 0.1) is 0 Å². The Bertz CT molecular complexity index is 1150. The van der Waals surface area contributed by atoms with Gasteiger partial charge in [0.25, 0.3) is 11.8 Å². The Hall–Kier alpha value is -4.26. The smallest absolute Gasteiger partial charge is 0.330 e. The van der Waals surface area contributed by atoms with Gasteiger partial charge in [0.15, 0.2) is 12.4 Å². The van der Waals surface area contributed by atoms with Crippen molar-refractivity contribution in [3.63, 3.8) is 0 Å². The number of rotatable bonds is 7. The molecule has 1 heterocycles. The first kappa shape index (κ1) is 21.0. The van der Waals surface area contributed by atoms with E-state index in [1.807, 2.05) is 0 Å². The van der Waals surface area contributed by atoms with Crippen LogP contribution in [-0.4, -0.2) is 46.2 Å². The Kier molecular flexibility index (Phi) is 5.81. The van der Waals surface area contributed by atoms with Crippen molar-refractivity contribution in [2.24, 2.45) is 0 Å². The van der Waals surface area contributed by atoms with Gasteiger partial charge in [-0.25, -0.2) is 4.79 Å². The number of aromatic hydroxyl groups is 1. The maximum atomic E-state index is 13.0. The van der Waals surface area contributed by atoms with Crippen LogP contribution in [0.15, 0.2) is 78.9 Å². The lowest BCUT2D eigenvalue weighted by Gasteiger charge is -2.24. The topological polar surface area (TPSA) is 101 Å². The number of imide groups is 1. The molecular formula is C25H19NO6. The predicted octanol–water partition coefficient (Wildman–Crippen LogP) is 3.03. The molecule has 7 nitrogen and oxygen atoms in total. The van der Waals surface area contributed by atoms with Gasteiger partial charge in [-0.15, -0.1) is 0 Å². The van der Waals surface area contributed by atoms with Crippen LogP contribution >= 0.6 is 0 Å². The second-order valence-electron chi connectivity index (χ2n) is 7.31. The molecule has 1 unspecified atom stereocenters. The quantitative estimate of drug-likeness (QED) is 0.352. The number of nitrogens with zero attached hydrogens (tertiary/aromatic N) is 1. The molecule has 0 bridgehead atoms. The van der Waals surface area contributed by atoms with Gasteiger partial charge < -0.3 is 9.84 Å². The number of hydrogen-bond acceptors (Lipinski definition) is 6. The van der Waals surface area contributed by atoms with Crippen molar-refractivity contribution in [3.05, 3.63) is 101 Å². The third-order valence-corrected chi connectivity index (χ3v) is 5.22. The number of phenolic OH excluding ortho intramolecular Hbond substituents is 1. The van der Waals surface area contributed by atoms with Gasteiger partial charge in [0.05, 0.1) is 11.1 Å².